The van der Waals surface area contributed by atoms with E-state index in [-0.39, 0.29) is 5.91 Å². The zero-order valence-corrected chi connectivity index (χ0v) is 13.3. The summed E-state index contributed by atoms with van der Waals surface area (Å²) in [7, 11) is 0. The van der Waals surface area contributed by atoms with Crippen LogP contribution in [0, 0.1) is 6.92 Å². The van der Waals surface area contributed by atoms with Crippen molar-refractivity contribution in [3.05, 3.63) is 63.6 Å². The van der Waals surface area contributed by atoms with E-state index in [0.29, 0.717) is 6.61 Å². The number of amides is 1. The van der Waals surface area contributed by atoms with Gasteiger partial charge in [0, 0.05) is 10.2 Å². The molecule has 0 saturated carbocycles. The summed E-state index contributed by atoms with van der Waals surface area (Å²) in [5.41, 5.74) is 4.05. The van der Waals surface area contributed by atoms with Crippen molar-refractivity contribution in [2.24, 2.45) is 0 Å². The lowest BCUT2D eigenvalue weighted by Crippen LogP contribution is -2.28. The molecule has 1 aliphatic rings. The van der Waals surface area contributed by atoms with Crippen molar-refractivity contribution < 1.29 is 9.53 Å². The van der Waals surface area contributed by atoms with Crippen LogP contribution in [0.1, 0.15) is 22.8 Å². The van der Waals surface area contributed by atoms with Crippen LogP contribution in [0.4, 0.5) is 5.69 Å². The fourth-order valence-corrected chi connectivity index (χ4v) is 2.87. The lowest BCUT2D eigenvalue weighted by molar-refractivity contribution is -0.128. The maximum Gasteiger partial charge on any atom is 0.258 e. The van der Waals surface area contributed by atoms with Gasteiger partial charge in [0.1, 0.15) is 0 Å². The average molecular weight is 346 g/mol. The van der Waals surface area contributed by atoms with E-state index < -0.39 is 6.10 Å². The van der Waals surface area contributed by atoms with Crippen LogP contribution in [0.5, 0.6) is 0 Å². The number of carbonyl (C=O) groups is 1. The van der Waals surface area contributed by atoms with Gasteiger partial charge in [0.15, 0.2) is 6.10 Å². The number of hydrogen-bond donors (Lipinski definition) is 1. The van der Waals surface area contributed by atoms with Gasteiger partial charge in [-0.15, -0.1) is 0 Å². The molecule has 0 fully saturated rings. The van der Waals surface area contributed by atoms with Gasteiger partial charge in [0.2, 0.25) is 0 Å². The van der Waals surface area contributed by atoms with Gasteiger partial charge in [-0.1, -0.05) is 46.3 Å². The van der Waals surface area contributed by atoms with Crippen LogP contribution in [0.15, 0.2) is 46.9 Å². The van der Waals surface area contributed by atoms with E-state index in [1.165, 1.54) is 5.56 Å². The molecule has 3 rings (SSSR count). The summed E-state index contributed by atoms with van der Waals surface area (Å²) in [6.07, 6.45) is 0.325. The fraction of sp³-hybridized carbons (Fsp3) is 0.235. The number of halogens is 1. The Morgan fingerprint density at radius 2 is 2.10 bits per heavy atom. The van der Waals surface area contributed by atoms with Gasteiger partial charge in [0.05, 0.1) is 6.61 Å². The zero-order chi connectivity index (χ0) is 14.8. The highest BCUT2D eigenvalue weighted by Gasteiger charge is 2.27. The van der Waals surface area contributed by atoms with E-state index in [1.54, 1.807) is 0 Å². The lowest BCUT2D eigenvalue weighted by atomic mass is 9.97. The molecule has 1 unspecified atom stereocenters. The molecule has 1 aliphatic heterocycles. The Bertz CT molecular complexity index is 684. The molecule has 108 valence electrons. The number of anilines is 1. The van der Waals surface area contributed by atoms with Crippen molar-refractivity contribution in [1.82, 2.24) is 0 Å². The Kier molecular flexibility index (Phi) is 4.08. The fourth-order valence-electron chi connectivity index (χ4n) is 2.49. The normalized spacial score (nSPS) is 17.1. The highest BCUT2D eigenvalue weighted by molar-refractivity contribution is 9.10. The lowest BCUT2D eigenvalue weighted by Gasteiger charge is -2.25. The van der Waals surface area contributed by atoms with E-state index in [2.05, 4.69) is 27.3 Å². The monoisotopic (exact) mass is 345 g/mol. The van der Waals surface area contributed by atoms with Gasteiger partial charge < -0.3 is 10.1 Å². The highest BCUT2D eigenvalue weighted by atomic mass is 79.9. The largest absolute Gasteiger partial charge is 0.363 e. The van der Waals surface area contributed by atoms with Crippen molar-refractivity contribution in [2.45, 2.75) is 19.4 Å². The van der Waals surface area contributed by atoms with Crippen LogP contribution in [0.25, 0.3) is 0 Å². The number of ether oxygens (including phenoxy) is 1. The van der Waals surface area contributed by atoms with Gasteiger partial charge in [-0.3, -0.25) is 4.79 Å². The van der Waals surface area contributed by atoms with Crippen molar-refractivity contribution in [3.8, 4) is 0 Å². The third-order valence-electron chi connectivity index (χ3n) is 3.67. The SMILES string of the molecule is Cc1ccc(NC(=O)C2OCCc3ccccc32)cc1Br. The number of nitrogens with one attached hydrogen (secondary N) is 1. The predicted molar refractivity (Wildman–Crippen MR) is 86.3 cm³/mol. The number of rotatable bonds is 2. The van der Waals surface area contributed by atoms with Crippen LogP contribution in [0.3, 0.4) is 0 Å². The molecule has 2 aromatic carbocycles. The standard InChI is InChI=1S/C17H16BrNO2/c1-11-6-7-13(10-15(11)18)19-17(20)16-14-5-3-2-4-12(14)8-9-21-16/h2-7,10,16H,8-9H2,1H3,(H,19,20). The quantitative estimate of drug-likeness (QED) is 0.892. The molecule has 1 atom stereocenters. The molecule has 4 heteroatoms. The molecule has 0 aliphatic carbocycles. The first-order valence-corrected chi connectivity index (χ1v) is 7.71. The van der Waals surface area contributed by atoms with Gasteiger partial charge in [0.25, 0.3) is 5.91 Å². The second-order valence-electron chi connectivity index (χ2n) is 5.15. The van der Waals surface area contributed by atoms with Gasteiger partial charge in [-0.05, 0) is 42.2 Å². The maximum atomic E-state index is 12.5. The minimum Gasteiger partial charge on any atom is -0.363 e. The molecule has 0 bridgehead atoms. The van der Waals surface area contributed by atoms with E-state index >= 15 is 0 Å². The molecule has 1 heterocycles. The van der Waals surface area contributed by atoms with Crippen molar-refractivity contribution in [3.63, 3.8) is 0 Å². The Hall–Kier alpha value is -1.65. The molecule has 0 aromatic heterocycles. The molecule has 2 aromatic rings. The van der Waals surface area contributed by atoms with E-state index in [0.717, 1.165) is 27.7 Å². The highest BCUT2D eigenvalue weighted by Crippen LogP contribution is 2.28. The second kappa shape index (κ2) is 6.00. The topological polar surface area (TPSA) is 38.3 Å². The van der Waals surface area contributed by atoms with Crippen molar-refractivity contribution in [1.29, 1.82) is 0 Å². The van der Waals surface area contributed by atoms with Crippen LogP contribution in [-0.2, 0) is 16.0 Å². The number of hydrogen-bond acceptors (Lipinski definition) is 2. The van der Waals surface area contributed by atoms with Crippen LogP contribution >= 0.6 is 15.9 Å². The van der Waals surface area contributed by atoms with Crippen LogP contribution in [0.2, 0.25) is 0 Å². The molecular formula is C17H16BrNO2. The van der Waals surface area contributed by atoms with E-state index in [4.69, 9.17) is 4.74 Å². The summed E-state index contributed by atoms with van der Waals surface area (Å²) < 4.78 is 6.65. The molecular weight excluding hydrogens is 330 g/mol. The minimum absolute atomic E-state index is 0.127. The van der Waals surface area contributed by atoms with Crippen molar-refractivity contribution >= 4 is 27.5 Å². The molecule has 1 N–H and O–H groups in total. The first-order chi connectivity index (χ1) is 10.1. The molecule has 0 spiro atoms. The Morgan fingerprint density at radius 3 is 2.90 bits per heavy atom. The Morgan fingerprint density at radius 1 is 1.29 bits per heavy atom. The average Bonchev–Trinajstić information content (AvgIpc) is 2.50. The van der Waals surface area contributed by atoms with E-state index in [9.17, 15) is 4.79 Å². The number of aryl methyl sites for hydroxylation is 1. The molecule has 1 amide bonds. The van der Waals surface area contributed by atoms with Crippen LogP contribution < -0.4 is 5.32 Å². The minimum atomic E-state index is -0.532. The van der Waals surface area contributed by atoms with Crippen molar-refractivity contribution in [2.75, 3.05) is 11.9 Å². The molecule has 0 radical (unpaired) electrons. The molecule has 3 nitrogen and oxygen atoms in total. The third-order valence-corrected chi connectivity index (χ3v) is 4.53. The van der Waals surface area contributed by atoms with Gasteiger partial charge in [-0.25, -0.2) is 0 Å². The third kappa shape index (κ3) is 3.01. The number of benzene rings is 2. The summed E-state index contributed by atoms with van der Waals surface area (Å²) in [4.78, 5) is 12.5. The molecule has 21 heavy (non-hydrogen) atoms. The predicted octanol–water partition coefficient (Wildman–Crippen LogP) is 4.01. The Balaban J connectivity index is 1.81. The van der Waals surface area contributed by atoms with Crippen LogP contribution in [-0.4, -0.2) is 12.5 Å². The van der Waals surface area contributed by atoms with Gasteiger partial charge in [-0.2, -0.15) is 0 Å². The summed E-state index contributed by atoms with van der Waals surface area (Å²) >= 11 is 3.48. The summed E-state index contributed by atoms with van der Waals surface area (Å²) in [5.74, 6) is -0.127. The summed E-state index contributed by atoms with van der Waals surface area (Å²) in [5, 5.41) is 2.93. The number of fused-ring (bicyclic) bond motifs is 1. The first-order valence-electron chi connectivity index (χ1n) is 6.91. The molecule has 0 saturated heterocycles. The number of carbonyl (C=O) groups excluding carboxylic acids is 1. The first kappa shape index (κ1) is 14.3. The summed E-state index contributed by atoms with van der Waals surface area (Å²) in [6, 6.07) is 13.7. The van der Waals surface area contributed by atoms with E-state index in [1.807, 2.05) is 43.3 Å². The smallest absolute Gasteiger partial charge is 0.258 e. The van der Waals surface area contributed by atoms with Gasteiger partial charge >= 0.3 is 0 Å². The summed E-state index contributed by atoms with van der Waals surface area (Å²) in [6.45, 7) is 2.59. The second-order valence-corrected chi connectivity index (χ2v) is 6.01. The zero-order valence-electron chi connectivity index (χ0n) is 11.7. The Labute approximate surface area is 132 Å². The maximum absolute atomic E-state index is 12.5.